The number of piperidine rings is 1. The molecule has 0 spiro atoms. The van der Waals surface area contributed by atoms with E-state index in [1.807, 2.05) is 4.90 Å². The number of aromatic nitrogens is 5. The number of alkyl halides is 4. The van der Waals surface area contributed by atoms with Crippen molar-refractivity contribution in [3.63, 3.8) is 0 Å². The average molecular weight is 686 g/mol. The third kappa shape index (κ3) is 7.55. The minimum atomic E-state index is -4.72. The van der Waals surface area contributed by atoms with Gasteiger partial charge in [-0.2, -0.15) is 22.7 Å². The number of hydrogen-bond donors (Lipinski definition) is 1. The average Bonchev–Trinajstić information content (AvgIpc) is 3.44. The molecule has 2 aliphatic rings. The van der Waals surface area contributed by atoms with Gasteiger partial charge in [-0.15, -0.1) is 5.10 Å². The van der Waals surface area contributed by atoms with Gasteiger partial charge >= 0.3 is 12.3 Å². The Hall–Kier alpha value is -4.15. The third-order valence-corrected chi connectivity index (χ3v) is 8.05. The molecule has 18 heteroatoms. The fourth-order valence-corrected chi connectivity index (χ4v) is 5.82. The highest BCUT2D eigenvalue weighted by molar-refractivity contribution is 6.32. The normalized spacial score (nSPS) is 17.7. The van der Waals surface area contributed by atoms with Gasteiger partial charge in [-0.05, 0) is 52.2 Å². The van der Waals surface area contributed by atoms with Gasteiger partial charge in [0, 0.05) is 32.7 Å². The number of carbonyl (C=O) groups is 2. The van der Waals surface area contributed by atoms with Crippen LogP contribution >= 0.6 is 11.6 Å². The highest BCUT2D eigenvalue weighted by Gasteiger charge is 2.34. The number of halogens is 5. The van der Waals surface area contributed by atoms with Crippen LogP contribution in [-0.2, 0) is 28.7 Å². The molecule has 47 heavy (non-hydrogen) atoms. The highest BCUT2D eigenvalue weighted by atomic mass is 35.5. The zero-order chi connectivity index (χ0) is 34.3. The summed E-state index contributed by atoms with van der Waals surface area (Å²) in [5, 5.41) is 6.38. The standard InChI is InChI=1S/C29H36ClF4N9O4/c1-5-19-22(39-11-13-40(14-12-39)27(46)47-28(2,3)4)24(45)43-26(37-25(38-43)41-10-6-7-17(31)15-41)42(19)16-21(44)35-18-8-9-20(29(32,33)34)36-23(18)30/h8-9,17H,5-7,10-16H2,1-4H3,(H,35,44)/t17-/m1/s1. The third-order valence-electron chi connectivity index (χ3n) is 7.76. The van der Waals surface area contributed by atoms with E-state index in [2.05, 4.69) is 20.4 Å². The number of pyridine rings is 1. The Labute approximate surface area is 272 Å². The van der Waals surface area contributed by atoms with Gasteiger partial charge in [0.15, 0.2) is 5.15 Å². The van der Waals surface area contributed by atoms with Gasteiger partial charge in [0.25, 0.3) is 5.56 Å². The Morgan fingerprint density at radius 2 is 1.77 bits per heavy atom. The summed E-state index contributed by atoms with van der Waals surface area (Å²) in [6.07, 6.45) is -5.04. The smallest absolute Gasteiger partial charge is 0.433 e. The van der Waals surface area contributed by atoms with Gasteiger partial charge in [0.1, 0.15) is 29.7 Å². The summed E-state index contributed by atoms with van der Waals surface area (Å²) in [6, 6.07) is 1.71. The molecule has 0 radical (unpaired) electrons. The van der Waals surface area contributed by atoms with Gasteiger partial charge in [-0.3, -0.25) is 9.59 Å². The fourth-order valence-electron chi connectivity index (χ4n) is 5.62. The molecule has 0 aromatic carbocycles. The number of carbonyl (C=O) groups excluding carboxylic acids is 2. The Kier molecular flexibility index (Phi) is 9.57. The van der Waals surface area contributed by atoms with Crippen molar-refractivity contribution in [1.29, 1.82) is 0 Å². The summed E-state index contributed by atoms with van der Waals surface area (Å²) in [5.41, 5.74) is -1.82. The zero-order valence-corrected chi connectivity index (χ0v) is 27.2. The van der Waals surface area contributed by atoms with Crippen LogP contribution in [0.3, 0.4) is 0 Å². The van der Waals surface area contributed by atoms with E-state index < -0.39 is 52.9 Å². The van der Waals surface area contributed by atoms with Gasteiger partial charge in [-0.25, -0.2) is 14.2 Å². The Balaban J connectivity index is 1.51. The molecular formula is C29H36ClF4N9O4. The van der Waals surface area contributed by atoms with Crippen LogP contribution in [0, 0.1) is 0 Å². The van der Waals surface area contributed by atoms with Crippen LogP contribution in [0.15, 0.2) is 16.9 Å². The number of nitrogens with one attached hydrogen (secondary N) is 1. The first kappa shape index (κ1) is 34.2. The molecule has 0 bridgehead atoms. The maximum absolute atomic E-state index is 14.3. The first-order valence-corrected chi connectivity index (χ1v) is 15.6. The van der Waals surface area contributed by atoms with Gasteiger partial charge < -0.3 is 29.3 Å². The maximum atomic E-state index is 14.3. The summed E-state index contributed by atoms with van der Waals surface area (Å²) < 4.78 is 61.6. The van der Waals surface area contributed by atoms with E-state index in [1.54, 1.807) is 37.5 Å². The minimum Gasteiger partial charge on any atom is -0.444 e. The molecule has 5 heterocycles. The van der Waals surface area contributed by atoms with E-state index in [-0.39, 0.29) is 62.2 Å². The summed E-state index contributed by atoms with van der Waals surface area (Å²) in [6.45, 7) is 8.32. The summed E-state index contributed by atoms with van der Waals surface area (Å²) in [4.78, 5) is 53.0. The zero-order valence-electron chi connectivity index (χ0n) is 26.4. The topological polar surface area (TPSA) is 130 Å². The lowest BCUT2D eigenvalue weighted by Crippen LogP contribution is -2.51. The van der Waals surface area contributed by atoms with Crippen LogP contribution in [0.5, 0.6) is 0 Å². The van der Waals surface area contributed by atoms with Crippen LogP contribution < -0.4 is 20.7 Å². The summed E-state index contributed by atoms with van der Waals surface area (Å²) in [5.74, 6) is -0.519. The first-order valence-electron chi connectivity index (χ1n) is 15.2. The van der Waals surface area contributed by atoms with Crippen LogP contribution in [-0.4, -0.2) is 92.1 Å². The Morgan fingerprint density at radius 3 is 2.36 bits per heavy atom. The van der Waals surface area contributed by atoms with Crippen LogP contribution in [0.25, 0.3) is 5.78 Å². The molecule has 5 rings (SSSR count). The molecule has 2 saturated heterocycles. The maximum Gasteiger partial charge on any atom is 0.433 e. The van der Waals surface area contributed by atoms with Crippen molar-refractivity contribution < 1.29 is 31.9 Å². The van der Waals surface area contributed by atoms with E-state index in [9.17, 15) is 31.9 Å². The van der Waals surface area contributed by atoms with Crippen molar-refractivity contribution in [2.24, 2.45) is 0 Å². The molecule has 2 aliphatic heterocycles. The van der Waals surface area contributed by atoms with Crippen molar-refractivity contribution in [2.75, 3.05) is 54.4 Å². The van der Waals surface area contributed by atoms with E-state index in [0.29, 0.717) is 31.1 Å². The number of nitrogens with zero attached hydrogens (tertiary/aromatic N) is 8. The van der Waals surface area contributed by atoms with Crippen LogP contribution in [0.2, 0.25) is 5.15 Å². The SMILES string of the molecule is CCc1c(N2CCN(C(=O)OC(C)(C)C)CC2)c(=O)n2nc(N3CCC[C@@H](F)C3)nc2n1CC(=O)Nc1ccc(C(F)(F)F)nc1Cl. The molecule has 13 nitrogen and oxygen atoms in total. The Bertz CT molecular complexity index is 1710. The lowest BCUT2D eigenvalue weighted by molar-refractivity contribution is -0.141. The van der Waals surface area contributed by atoms with E-state index in [1.165, 1.54) is 4.57 Å². The quantitative estimate of drug-likeness (QED) is 0.300. The van der Waals surface area contributed by atoms with Crippen LogP contribution in [0.4, 0.5) is 39.7 Å². The predicted octanol–water partition coefficient (Wildman–Crippen LogP) is 4.15. The summed E-state index contributed by atoms with van der Waals surface area (Å²) >= 11 is 5.97. The van der Waals surface area contributed by atoms with Crippen molar-refractivity contribution in [3.05, 3.63) is 39.0 Å². The molecular weight excluding hydrogens is 650 g/mol. The van der Waals surface area contributed by atoms with E-state index in [0.717, 1.165) is 10.6 Å². The fraction of sp³-hybridized carbons (Fsp3) is 0.586. The molecule has 3 aromatic rings. The Morgan fingerprint density at radius 1 is 1.06 bits per heavy atom. The number of amides is 2. The predicted molar refractivity (Wildman–Crippen MR) is 166 cm³/mol. The molecule has 3 aromatic heterocycles. The van der Waals surface area contributed by atoms with Crippen molar-refractivity contribution in [2.45, 2.75) is 71.5 Å². The highest BCUT2D eigenvalue weighted by Crippen LogP contribution is 2.31. The molecule has 0 aliphatic carbocycles. The van der Waals surface area contributed by atoms with E-state index in [4.69, 9.17) is 16.3 Å². The number of anilines is 3. The molecule has 2 amide bonds. The molecule has 2 fully saturated rings. The lowest BCUT2D eigenvalue weighted by atomic mass is 10.1. The van der Waals surface area contributed by atoms with Gasteiger partial charge in [-0.1, -0.05) is 18.5 Å². The minimum absolute atomic E-state index is 0.0331. The van der Waals surface area contributed by atoms with Gasteiger partial charge in [0.05, 0.1) is 17.9 Å². The lowest BCUT2D eigenvalue weighted by Gasteiger charge is -2.37. The first-order chi connectivity index (χ1) is 22.1. The molecule has 1 atom stereocenters. The molecule has 0 saturated carbocycles. The summed E-state index contributed by atoms with van der Waals surface area (Å²) in [7, 11) is 0. The number of hydrogen-bond acceptors (Lipinski definition) is 9. The monoisotopic (exact) mass is 685 g/mol. The largest absolute Gasteiger partial charge is 0.444 e. The molecule has 1 N–H and O–H groups in total. The van der Waals surface area contributed by atoms with E-state index >= 15 is 0 Å². The van der Waals surface area contributed by atoms with Crippen molar-refractivity contribution >= 4 is 46.7 Å². The number of rotatable bonds is 6. The second kappa shape index (κ2) is 13.2. The second-order valence-electron chi connectivity index (χ2n) is 12.4. The number of fused-ring (bicyclic) bond motifs is 1. The van der Waals surface area contributed by atoms with Crippen LogP contribution in [0.1, 0.15) is 51.9 Å². The van der Waals surface area contributed by atoms with Gasteiger partial charge in [0.2, 0.25) is 17.6 Å². The number of piperazine rings is 1. The molecule has 0 unspecified atom stereocenters. The second-order valence-corrected chi connectivity index (χ2v) is 12.7. The number of ether oxygens (including phenoxy) is 1. The van der Waals surface area contributed by atoms with Crippen molar-refractivity contribution in [3.8, 4) is 0 Å². The van der Waals surface area contributed by atoms with Crippen molar-refractivity contribution in [1.82, 2.24) is 29.0 Å². The molecule has 256 valence electrons.